The van der Waals surface area contributed by atoms with Gasteiger partial charge in [0.1, 0.15) is 11.6 Å². The Morgan fingerprint density at radius 3 is 2.57 bits per heavy atom. The number of pyridine rings is 1. The van der Waals surface area contributed by atoms with Gasteiger partial charge in [0.15, 0.2) is 0 Å². The molecule has 0 atom stereocenters. The molecule has 0 aliphatic carbocycles. The van der Waals surface area contributed by atoms with Crippen LogP contribution in [0.25, 0.3) is 11.3 Å². The van der Waals surface area contributed by atoms with Crippen molar-refractivity contribution in [2.24, 2.45) is 4.99 Å². The number of thiazole rings is 1. The lowest BCUT2D eigenvalue weighted by atomic mass is 10.2. The molecular formula is C24H18Cl2F3N5O2S. The molecule has 4 rings (SSSR count). The van der Waals surface area contributed by atoms with Crippen molar-refractivity contribution in [3.05, 3.63) is 86.6 Å². The highest BCUT2D eigenvalue weighted by Crippen LogP contribution is 2.32. The van der Waals surface area contributed by atoms with Crippen LogP contribution in [0.1, 0.15) is 5.56 Å². The molecule has 0 radical (unpaired) electrons. The van der Waals surface area contributed by atoms with Gasteiger partial charge in [-0.15, -0.1) is 11.3 Å². The Bertz CT molecular complexity index is 1490. The van der Waals surface area contributed by atoms with Crippen LogP contribution in [0.4, 0.5) is 24.7 Å². The fourth-order valence-corrected chi connectivity index (χ4v) is 4.45. The van der Waals surface area contributed by atoms with E-state index in [4.69, 9.17) is 27.9 Å². The van der Waals surface area contributed by atoms with Crippen molar-refractivity contribution in [3.63, 3.8) is 0 Å². The van der Waals surface area contributed by atoms with Crippen molar-refractivity contribution in [2.75, 3.05) is 24.4 Å². The van der Waals surface area contributed by atoms with Crippen molar-refractivity contribution in [1.29, 1.82) is 0 Å². The maximum absolute atomic E-state index is 12.9. The van der Waals surface area contributed by atoms with Gasteiger partial charge >= 0.3 is 6.18 Å². The lowest BCUT2D eigenvalue weighted by molar-refractivity contribution is -0.137. The summed E-state index contributed by atoms with van der Waals surface area (Å²) < 4.78 is 45.3. The molecule has 0 unspecified atom stereocenters. The number of benzene rings is 2. The summed E-state index contributed by atoms with van der Waals surface area (Å²) in [6, 6.07) is 14.9. The molecule has 0 aliphatic rings. The third-order valence-electron chi connectivity index (χ3n) is 4.95. The molecule has 0 saturated heterocycles. The van der Waals surface area contributed by atoms with E-state index < -0.39 is 17.6 Å². The van der Waals surface area contributed by atoms with E-state index in [1.807, 2.05) is 17.5 Å². The normalized spacial score (nSPS) is 11.9. The number of rotatable bonds is 7. The first-order valence-corrected chi connectivity index (χ1v) is 12.2. The lowest BCUT2D eigenvalue weighted by Crippen LogP contribution is -2.34. The number of alkyl halides is 3. The molecule has 0 bridgehead atoms. The molecule has 4 aromatic rings. The van der Waals surface area contributed by atoms with E-state index in [1.54, 1.807) is 43.5 Å². The van der Waals surface area contributed by atoms with Gasteiger partial charge in [-0.05, 0) is 48.5 Å². The van der Waals surface area contributed by atoms with Crippen LogP contribution in [-0.2, 0) is 11.0 Å². The van der Waals surface area contributed by atoms with Crippen LogP contribution < -0.4 is 20.3 Å². The average Bonchev–Trinajstić information content (AvgIpc) is 3.24. The van der Waals surface area contributed by atoms with Crippen molar-refractivity contribution >= 4 is 52.0 Å². The summed E-state index contributed by atoms with van der Waals surface area (Å²) in [5.41, 5.74) is 3.78. The van der Waals surface area contributed by atoms with Gasteiger partial charge in [0.25, 0.3) is 5.91 Å². The van der Waals surface area contributed by atoms with Gasteiger partial charge in [-0.3, -0.25) is 10.2 Å². The third-order valence-corrected chi connectivity index (χ3v) is 6.30. The first-order chi connectivity index (χ1) is 17.6. The number of hydrogen-bond acceptors (Lipinski definition) is 6. The SMILES string of the molecule is COc1ccc(-c2csc(=Nc3cccc(Cl)c3)n2NC(=O)CNc2ncc(C(F)(F)F)cc2Cl)cc1. The van der Waals surface area contributed by atoms with E-state index >= 15 is 0 Å². The van der Waals surface area contributed by atoms with Gasteiger partial charge in [-0.2, -0.15) is 13.2 Å². The number of anilines is 1. The minimum atomic E-state index is -4.58. The molecule has 7 nitrogen and oxygen atoms in total. The Morgan fingerprint density at radius 1 is 1.16 bits per heavy atom. The topological polar surface area (TPSA) is 80.5 Å². The largest absolute Gasteiger partial charge is 0.497 e. The number of ether oxygens (including phenoxy) is 1. The molecule has 0 fully saturated rings. The summed E-state index contributed by atoms with van der Waals surface area (Å²) >= 11 is 13.3. The summed E-state index contributed by atoms with van der Waals surface area (Å²) in [6.45, 7) is -0.320. The van der Waals surface area contributed by atoms with Gasteiger partial charge in [-0.1, -0.05) is 29.3 Å². The van der Waals surface area contributed by atoms with Gasteiger partial charge in [-0.25, -0.2) is 14.7 Å². The minimum absolute atomic E-state index is 0.0562. The van der Waals surface area contributed by atoms with Crippen molar-refractivity contribution in [2.45, 2.75) is 6.18 Å². The summed E-state index contributed by atoms with van der Waals surface area (Å²) in [4.78, 5) is 21.6. The van der Waals surface area contributed by atoms with Crippen molar-refractivity contribution in [3.8, 4) is 17.0 Å². The highest BCUT2D eigenvalue weighted by molar-refractivity contribution is 7.07. The molecule has 2 aromatic carbocycles. The molecule has 13 heteroatoms. The van der Waals surface area contributed by atoms with Gasteiger partial charge < -0.3 is 10.1 Å². The zero-order valence-corrected chi connectivity index (χ0v) is 21.3. The summed E-state index contributed by atoms with van der Waals surface area (Å²) in [5.74, 6) is 0.0985. The molecule has 1 amide bonds. The average molecular weight is 568 g/mol. The number of amides is 1. The molecule has 37 heavy (non-hydrogen) atoms. The zero-order chi connectivity index (χ0) is 26.6. The highest BCUT2D eigenvalue weighted by Gasteiger charge is 2.31. The Labute approximate surface area is 223 Å². The fourth-order valence-electron chi connectivity index (χ4n) is 3.17. The standard InChI is InChI=1S/C24H18Cl2F3N5O2S/c1-36-18-7-5-14(6-8-18)20-13-37-23(32-17-4-2-3-16(25)10-17)34(20)33-21(35)12-31-22-19(26)9-15(11-30-22)24(27,28)29/h2-11,13H,12H2,1H3,(H,30,31)(H,33,35). The molecule has 0 saturated carbocycles. The third kappa shape index (κ3) is 6.62. The highest BCUT2D eigenvalue weighted by atomic mass is 35.5. The quantitative estimate of drug-likeness (QED) is 0.272. The maximum atomic E-state index is 12.9. The van der Waals surface area contributed by atoms with Gasteiger partial charge in [0.05, 0.1) is 35.6 Å². The van der Waals surface area contributed by atoms with Crippen molar-refractivity contribution in [1.82, 2.24) is 9.66 Å². The molecule has 192 valence electrons. The maximum Gasteiger partial charge on any atom is 0.417 e. The van der Waals surface area contributed by atoms with E-state index in [9.17, 15) is 18.0 Å². The van der Waals surface area contributed by atoms with E-state index in [0.29, 0.717) is 33.2 Å². The van der Waals surface area contributed by atoms with E-state index in [-0.39, 0.29) is 17.4 Å². The van der Waals surface area contributed by atoms with Crippen LogP contribution in [0.2, 0.25) is 10.0 Å². The van der Waals surface area contributed by atoms with Gasteiger partial charge in [0.2, 0.25) is 4.80 Å². The molecule has 2 heterocycles. The Morgan fingerprint density at radius 2 is 1.92 bits per heavy atom. The lowest BCUT2D eigenvalue weighted by Gasteiger charge is -2.13. The van der Waals surface area contributed by atoms with Crippen LogP contribution in [0.3, 0.4) is 0 Å². The number of methoxy groups -OCH3 is 1. The minimum Gasteiger partial charge on any atom is -0.497 e. The molecule has 2 aromatic heterocycles. The number of carbonyl (C=O) groups is 1. The van der Waals surface area contributed by atoms with Crippen LogP contribution in [0.15, 0.2) is 71.2 Å². The Hall–Kier alpha value is -3.54. The summed E-state index contributed by atoms with van der Waals surface area (Å²) in [5, 5.41) is 4.73. The molecule has 0 spiro atoms. The predicted octanol–water partition coefficient (Wildman–Crippen LogP) is 6.36. The van der Waals surface area contributed by atoms with E-state index in [0.717, 1.165) is 11.6 Å². The Kier molecular flexibility index (Phi) is 8.06. The number of aromatic nitrogens is 2. The van der Waals surface area contributed by atoms with Crippen LogP contribution >= 0.6 is 34.5 Å². The fraction of sp³-hybridized carbons (Fsp3) is 0.125. The number of nitrogens with zero attached hydrogens (tertiary/aromatic N) is 3. The smallest absolute Gasteiger partial charge is 0.417 e. The van der Waals surface area contributed by atoms with Gasteiger partial charge in [0, 0.05) is 22.2 Å². The molecular weight excluding hydrogens is 550 g/mol. The summed E-state index contributed by atoms with van der Waals surface area (Å²) in [6.07, 6.45) is -3.94. The zero-order valence-electron chi connectivity index (χ0n) is 19.0. The Balaban J connectivity index is 1.61. The number of hydrogen-bond donors (Lipinski definition) is 2. The number of carbonyl (C=O) groups excluding carboxylic acids is 1. The first-order valence-electron chi connectivity index (χ1n) is 10.6. The molecule has 2 N–H and O–H groups in total. The molecule has 0 aliphatic heterocycles. The van der Waals surface area contributed by atoms with E-state index in [1.165, 1.54) is 16.0 Å². The number of halogens is 5. The second-order valence-electron chi connectivity index (χ2n) is 7.50. The summed E-state index contributed by atoms with van der Waals surface area (Å²) in [7, 11) is 1.56. The van der Waals surface area contributed by atoms with E-state index in [2.05, 4.69) is 20.7 Å². The second-order valence-corrected chi connectivity index (χ2v) is 9.18. The monoisotopic (exact) mass is 567 g/mol. The predicted molar refractivity (Wildman–Crippen MR) is 138 cm³/mol. The van der Waals surface area contributed by atoms with Crippen LogP contribution in [0.5, 0.6) is 5.75 Å². The van der Waals surface area contributed by atoms with Crippen LogP contribution in [-0.4, -0.2) is 29.2 Å². The first kappa shape index (κ1) is 26.5. The van der Waals surface area contributed by atoms with Crippen molar-refractivity contribution < 1.29 is 22.7 Å². The second kappa shape index (κ2) is 11.2. The number of nitrogens with one attached hydrogen (secondary N) is 2. The van der Waals surface area contributed by atoms with Crippen LogP contribution in [0, 0.1) is 0 Å².